The fraction of sp³-hybridized carbons (Fsp3) is 0.567. The highest BCUT2D eigenvalue weighted by Crippen LogP contribution is 2.63. The lowest BCUT2D eigenvalue weighted by molar-refractivity contribution is -0.158. The molecule has 9 heteroatoms. The number of aliphatic hydroxyl groups excluding tert-OH is 1. The fourth-order valence-corrected chi connectivity index (χ4v) is 6.81. The van der Waals surface area contributed by atoms with Crippen LogP contribution in [0.4, 0.5) is 11.4 Å². The van der Waals surface area contributed by atoms with Crippen LogP contribution in [0.5, 0.6) is 0 Å². The molecule has 1 aromatic carbocycles. The van der Waals surface area contributed by atoms with E-state index >= 15 is 0 Å². The molecule has 9 nitrogen and oxygen atoms in total. The van der Waals surface area contributed by atoms with Crippen molar-refractivity contribution in [1.82, 2.24) is 4.90 Å². The monoisotopic (exact) mass is 539 g/mol. The molecule has 2 bridgehead atoms. The molecule has 1 N–H and O–H groups in total. The SMILES string of the molecule is C=CCOC(=O)[C@H]1[C@H]2C(=O)N(CCCO)C(C(=O)N(CC=C)c3ccc(N(CC)CC)cc3)C23CC[C@]1(C)O3. The van der Waals surface area contributed by atoms with Crippen LogP contribution in [0.2, 0.25) is 0 Å². The van der Waals surface area contributed by atoms with E-state index in [2.05, 4.69) is 31.9 Å². The van der Waals surface area contributed by atoms with Crippen LogP contribution in [-0.4, -0.2) is 84.4 Å². The number of ether oxygens (including phenoxy) is 2. The zero-order valence-electron chi connectivity index (χ0n) is 23.3. The van der Waals surface area contributed by atoms with Crippen molar-refractivity contribution < 1.29 is 29.0 Å². The lowest BCUT2D eigenvalue weighted by atomic mass is 9.66. The van der Waals surface area contributed by atoms with Gasteiger partial charge in [-0.05, 0) is 64.3 Å². The van der Waals surface area contributed by atoms with Crippen LogP contribution >= 0.6 is 0 Å². The van der Waals surface area contributed by atoms with Crippen molar-refractivity contribution in [3.63, 3.8) is 0 Å². The summed E-state index contributed by atoms with van der Waals surface area (Å²) in [5, 5.41) is 9.57. The summed E-state index contributed by atoms with van der Waals surface area (Å²) >= 11 is 0. The van der Waals surface area contributed by atoms with Crippen LogP contribution in [0.3, 0.4) is 0 Å². The Morgan fingerprint density at radius 2 is 1.82 bits per heavy atom. The molecule has 2 amide bonds. The third kappa shape index (κ3) is 4.76. The average molecular weight is 540 g/mol. The van der Waals surface area contributed by atoms with E-state index in [0.717, 1.165) is 18.8 Å². The maximum atomic E-state index is 14.5. The van der Waals surface area contributed by atoms with E-state index in [1.165, 1.54) is 11.0 Å². The van der Waals surface area contributed by atoms with Crippen molar-refractivity contribution in [2.75, 3.05) is 49.2 Å². The average Bonchev–Trinajstić information content (AvgIpc) is 3.50. The number of likely N-dealkylation sites (tertiary alicyclic amines) is 1. The molecular formula is C30H41N3O6. The number of fused-ring (bicyclic) bond motifs is 1. The maximum Gasteiger partial charge on any atom is 0.313 e. The molecule has 4 rings (SSSR count). The third-order valence-electron chi connectivity index (χ3n) is 8.53. The van der Waals surface area contributed by atoms with Gasteiger partial charge >= 0.3 is 5.97 Å². The number of rotatable bonds is 13. The van der Waals surface area contributed by atoms with E-state index in [-0.39, 0.29) is 38.1 Å². The second kappa shape index (κ2) is 11.5. The summed E-state index contributed by atoms with van der Waals surface area (Å²) in [6, 6.07) is 6.84. The summed E-state index contributed by atoms with van der Waals surface area (Å²) in [5.74, 6) is -2.77. The highest BCUT2D eigenvalue weighted by Gasteiger charge is 2.78. The molecule has 3 aliphatic heterocycles. The zero-order valence-corrected chi connectivity index (χ0v) is 23.3. The Morgan fingerprint density at radius 1 is 1.15 bits per heavy atom. The molecule has 3 heterocycles. The molecule has 0 aromatic heterocycles. The van der Waals surface area contributed by atoms with E-state index in [1.807, 2.05) is 31.2 Å². The van der Waals surface area contributed by atoms with Crippen molar-refractivity contribution in [3.8, 4) is 0 Å². The van der Waals surface area contributed by atoms with Gasteiger partial charge in [0.2, 0.25) is 5.91 Å². The molecule has 3 fully saturated rings. The first kappa shape index (κ1) is 28.8. The number of nitrogens with zero attached hydrogens (tertiary/aromatic N) is 3. The van der Waals surface area contributed by atoms with Gasteiger partial charge in [0.1, 0.15) is 24.2 Å². The van der Waals surface area contributed by atoms with Crippen molar-refractivity contribution in [3.05, 3.63) is 49.6 Å². The quantitative estimate of drug-likeness (QED) is 0.304. The Labute approximate surface area is 231 Å². The molecule has 5 atom stereocenters. The predicted molar refractivity (Wildman–Crippen MR) is 149 cm³/mol. The highest BCUT2D eigenvalue weighted by molar-refractivity contribution is 6.05. The van der Waals surface area contributed by atoms with Crippen molar-refractivity contribution in [2.45, 2.75) is 57.3 Å². The minimum absolute atomic E-state index is 0.0342. The Hall–Kier alpha value is -3.17. The van der Waals surface area contributed by atoms with Gasteiger partial charge in [-0.1, -0.05) is 18.7 Å². The Bertz CT molecular complexity index is 1100. The Morgan fingerprint density at radius 3 is 2.41 bits per heavy atom. The molecule has 0 radical (unpaired) electrons. The number of aliphatic hydroxyl groups is 1. The number of esters is 1. The molecule has 0 aliphatic carbocycles. The normalized spacial score (nSPS) is 28.8. The van der Waals surface area contributed by atoms with Gasteiger partial charge in [-0.3, -0.25) is 14.4 Å². The fourth-order valence-electron chi connectivity index (χ4n) is 6.81. The zero-order chi connectivity index (χ0) is 28.4. The minimum Gasteiger partial charge on any atom is -0.461 e. The van der Waals surface area contributed by atoms with Gasteiger partial charge < -0.3 is 29.3 Å². The molecule has 3 aliphatic rings. The summed E-state index contributed by atoms with van der Waals surface area (Å²) < 4.78 is 12.0. The van der Waals surface area contributed by atoms with E-state index in [0.29, 0.717) is 24.9 Å². The number of anilines is 2. The van der Waals surface area contributed by atoms with Crippen molar-refractivity contribution >= 4 is 29.2 Å². The van der Waals surface area contributed by atoms with Crippen molar-refractivity contribution in [1.29, 1.82) is 0 Å². The Balaban J connectivity index is 1.74. The molecule has 2 unspecified atom stereocenters. The van der Waals surface area contributed by atoms with Crippen LogP contribution in [-0.2, 0) is 23.9 Å². The van der Waals surface area contributed by atoms with Crippen LogP contribution in [0.25, 0.3) is 0 Å². The summed E-state index contributed by atoms with van der Waals surface area (Å²) in [5.41, 5.74) is -0.322. The first-order chi connectivity index (χ1) is 18.7. The number of carbonyl (C=O) groups excluding carboxylic acids is 3. The largest absolute Gasteiger partial charge is 0.461 e. The van der Waals surface area contributed by atoms with Gasteiger partial charge in [0.15, 0.2) is 0 Å². The summed E-state index contributed by atoms with van der Waals surface area (Å²) in [4.78, 5) is 47.0. The topological polar surface area (TPSA) is 99.6 Å². The number of hydrogen-bond donors (Lipinski definition) is 1. The molecular weight excluding hydrogens is 498 g/mol. The van der Waals surface area contributed by atoms with Gasteiger partial charge in [-0.25, -0.2) is 0 Å². The van der Waals surface area contributed by atoms with E-state index in [4.69, 9.17) is 9.47 Å². The molecule has 39 heavy (non-hydrogen) atoms. The third-order valence-corrected chi connectivity index (χ3v) is 8.53. The summed E-state index contributed by atoms with van der Waals surface area (Å²) in [6.45, 7) is 15.6. The number of hydrogen-bond acceptors (Lipinski definition) is 7. The lowest BCUT2D eigenvalue weighted by Gasteiger charge is -2.37. The van der Waals surface area contributed by atoms with Crippen LogP contribution in [0.1, 0.15) is 40.0 Å². The lowest BCUT2D eigenvalue weighted by Crippen LogP contribution is -2.56. The first-order valence-corrected chi connectivity index (χ1v) is 13.9. The predicted octanol–water partition coefficient (Wildman–Crippen LogP) is 2.93. The van der Waals surface area contributed by atoms with Crippen LogP contribution < -0.4 is 9.80 Å². The molecule has 1 spiro atoms. The van der Waals surface area contributed by atoms with Crippen LogP contribution in [0.15, 0.2) is 49.6 Å². The van der Waals surface area contributed by atoms with Gasteiger partial charge in [0.05, 0.1) is 11.5 Å². The maximum absolute atomic E-state index is 14.5. The van der Waals surface area contributed by atoms with E-state index in [9.17, 15) is 19.5 Å². The van der Waals surface area contributed by atoms with Gasteiger partial charge in [-0.15, -0.1) is 6.58 Å². The second-order valence-electron chi connectivity index (χ2n) is 10.7. The minimum atomic E-state index is -1.16. The van der Waals surface area contributed by atoms with Gasteiger partial charge in [-0.2, -0.15) is 0 Å². The summed E-state index contributed by atoms with van der Waals surface area (Å²) in [6.07, 6.45) is 4.45. The number of amides is 2. The molecule has 1 aromatic rings. The van der Waals surface area contributed by atoms with E-state index in [1.54, 1.807) is 11.0 Å². The number of benzene rings is 1. The van der Waals surface area contributed by atoms with Gasteiger partial charge in [0.25, 0.3) is 5.91 Å². The molecule has 3 saturated heterocycles. The second-order valence-corrected chi connectivity index (χ2v) is 10.7. The standard InChI is InChI=1S/C30H41N3O6/c1-6-17-32(22-13-11-21(12-14-22)31(8-3)9-4)27(36)25-30-16-15-29(5,39-30)24(28(37)38-20-7-2)23(30)26(35)33(25)18-10-19-34/h6-7,11-14,23-25,34H,1-2,8-10,15-20H2,3-5H3/t23-,24+,25?,29-,30?/m0/s1. The molecule has 212 valence electrons. The van der Waals surface area contributed by atoms with Crippen molar-refractivity contribution in [2.24, 2.45) is 11.8 Å². The smallest absolute Gasteiger partial charge is 0.313 e. The Kier molecular flexibility index (Phi) is 8.51. The van der Waals surface area contributed by atoms with E-state index < -0.39 is 35.0 Å². The highest BCUT2D eigenvalue weighted by atomic mass is 16.6. The number of carbonyl (C=O) groups is 3. The van der Waals surface area contributed by atoms with Crippen LogP contribution in [0, 0.1) is 11.8 Å². The molecule has 0 saturated carbocycles. The first-order valence-electron chi connectivity index (χ1n) is 13.9. The van der Waals surface area contributed by atoms with Gasteiger partial charge in [0, 0.05) is 44.2 Å². The summed E-state index contributed by atoms with van der Waals surface area (Å²) in [7, 11) is 0.